The zero-order valence-electron chi connectivity index (χ0n) is 15.0. The Morgan fingerprint density at radius 3 is 2.71 bits per heavy atom. The second kappa shape index (κ2) is 9.57. The number of benzene rings is 2. The number of nitrogens with zero attached hydrogens (tertiary/aromatic N) is 1. The maximum Gasteiger partial charge on any atom is 0.344 e. The Balaban J connectivity index is 1.75. The normalized spacial score (nSPS) is 16.3. The van der Waals surface area contributed by atoms with E-state index in [1.165, 1.54) is 11.8 Å². The van der Waals surface area contributed by atoms with E-state index in [1.54, 1.807) is 25.1 Å². The van der Waals surface area contributed by atoms with E-state index in [1.807, 2.05) is 36.4 Å². The van der Waals surface area contributed by atoms with Crippen LogP contribution in [0.2, 0.25) is 0 Å². The van der Waals surface area contributed by atoms with Gasteiger partial charge in [-0.2, -0.15) is 0 Å². The molecule has 0 saturated carbocycles. The molecule has 2 aromatic carbocycles. The molecule has 0 radical (unpaired) electrons. The predicted molar refractivity (Wildman–Crippen MR) is 114 cm³/mol. The Bertz CT molecular complexity index is 941. The van der Waals surface area contributed by atoms with E-state index in [0.29, 0.717) is 28.0 Å². The Kier molecular flexibility index (Phi) is 6.89. The summed E-state index contributed by atoms with van der Waals surface area (Å²) in [6.45, 7) is 1.84. The quantitative estimate of drug-likeness (QED) is 0.513. The van der Waals surface area contributed by atoms with Gasteiger partial charge in [0, 0.05) is 10.0 Å². The third-order valence-corrected chi connectivity index (χ3v) is 5.00. The molecule has 0 bridgehead atoms. The number of nitrogens with one attached hydrogen (secondary N) is 1. The smallest absolute Gasteiger partial charge is 0.344 e. The van der Waals surface area contributed by atoms with Crippen LogP contribution in [0.5, 0.6) is 5.75 Å². The van der Waals surface area contributed by atoms with Gasteiger partial charge in [-0.25, -0.2) is 9.79 Å². The monoisotopic (exact) mass is 460 g/mol. The van der Waals surface area contributed by atoms with Gasteiger partial charge in [0.15, 0.2) is 11.8 Å². The number of thioether (sulfide) groups is 1. The first kappa shape index (κ1) is 20.2. The van der Waals surface area contributed by atoms with E-state index in [9.17, 15) is 9.59 Å². The molecule has 144 valence electrons. The van der Waals surface area contributed by atoms with E-state index in [0.717, 1.165) is 10.2 Å². The summed E-state index contributed by atoms with van der Waals surface area (Å²) in [5.41, 5.74) is 1.43. The molecular weight excluding hydrogens is 444 g/mol. The predicted octanol–water partition coefficient (Wildman–Crippen LogP) is 4.28. The summed E-state index contributed by atoms with van der Waals surface area (Å²) in [6, 6.07) is 14.6. The largest absolute Gasteiger partial charge is 0.481 e. The number of aliphatic imine (C=N–C) groups is 1. The molecule has 1 heterocycles. The Morgan fingerprint density at radius 1 is 1.21 bits per heavy atom. The van der Waals surface area contributed by atoms with Gasteiger partial charge in [0.25, 0.3) is 5.91 Å². The van der Waals surface area contributed by atoms with Gasteiger partial charge >= 0.3 is 5.97 Å². The van der Waals surface area contributed by atoms with Crippen LogP contribution in [-0.4, -0.2) is 30.3 Å². The van der Waals surface area contributed by atoms with Crippen molar-refractivity contribution < 1.29 is 19.1 Å². The van der Waals surface area contributed by atoms with Gasteiger partial charge in [-0.05, 0) is 55.1 Å². The number of amides is 1. The summed E-state index contributed by atoms with van der Waals surface area (Å²) >= 11 is 4.62. The number of amidine groups is 1. The Morgan fingerprint density at radius 2 is 1.96 bits per heavy atom. The van der Waals surface area contributed by atoms with Gasteiger partial charge in [0.1, 0.15) is 5.75 Å². The highest BCUT2D eigenvalue weighted by Crippen LogP contribution is 2.30. The minimum Gasteiger partial charge on any atom is -0.481 e. The van der Waals surface area contributed by atoms with Crippen LogP contribution in [-0.2, 0) is 14.3 Å². The third kappa shape index (κ3) is 5.46. The molecule has 0 spiro atoms. The molecule has 1 aliphatic rings. The fourth-order valence-electron chi connectivity index (χ4n) is 2.33. The lowest BCUT2D eigenvalue weighted by molar-refractivity contribution is -0.145. The first-order chi connectivity index (χ1) is 13.5. The van der Waals surface area contributed by atoms with Crippen LogP contribution < -0.4 is 10.1 Å². The maximum absolute atomic E-state index is 12.3. The van der Waals surface area contributed by atoms with Crippen molar-refractivity contribution in [3.63, 3.8) is 0 Å². The lowest BCUT2D eigenvalue weighted by atomic mass is 10.2. The average Bonchev–Trinajstić information content (AvgIpc) is 3.02. The fraction of sp³-hybridized carbons (Fsp3) is 0.150. The van der Waals surface area contributed by atoms with Crippen LogP contribution in [0.1, 0.15) is 12.5 Å². The minimum atomic E-state index is -0.443. The first-order valence-corrected chi connectivity index (χ1v) is 10.1. The lowest BCUT2D eigenvalue weighted by Gasteiger charge is -2.08. The zero-order chi connectivity index (χ0) is 19.9. The number of ether oxygens (including phenoxy) is 2. The Hall–Kier alpha value is -2.58. The van der Waals surface area contributed by atoms with Crippen molar-refractivity contribution in [2.45, 2.75) is 6.92 Å². The van der Waals surface area contributed by atoms with E-state index >= 15 is 0 Å². The van der Waals surface area contributed by atoms with Crippen LogP contribution >= 0.6 is 27.7 Å². The molecule has 1 fully saturated rings. The number of rotatable bonds is 6. The molecule has 0 atom stereocenters. The number of hydrogen-bond donors (Lipinski definition) is 1. The first-order valence-electron chi connectivity index (χ1n) is 8.48. The maximum atomic E-state index is 12.3. The van der Waals surface area contributed by atoms with E-state index < -0.39 is 5.97 Å². The Labute approximate surface area is 175 Å². The van der Waals surface area contributed by atoms with Crippen LogP contribution in [0.4, 0.5) is 5.69 Å². The van der Waals surface area contributed by atoms with Gasteiger partial charge in [-0.3, -0.25) is 4.79 Å². The number of halogens is 1. The van der Waals surface area contributed by atoms with Crippen molar-refractivity contribution in [3.8, 4) is 5.75 Å². The van der Waals surface area contributed by atoms with Crippen LogP contribution in [0.15, 0.2) is 62.9 Å². The molecule has 0 unspecified atom stereocenters. The van der Waals surface area contributed by atoms with Crippen LogP contribution in [0, 0.1) is 0 Å². The molecule has 1 N–H and O–H groups in total. The zero-order valence-corrected chi connectivity index (χ0v) is 17.4. The van der Waals surface area contributed by atoms with Crippen molar-refractivity contribution >= 4 is 56.5 Å². The highest BCUT2D eigenvalue weighted by Gasteiger charge is 2.24. The van der Waals surface area contributed by atoms with Crippen molar-refractivity contribution in [1.29, 1.82) is 0 Å². The number of para-hydroxylation sites is 1. The SMILES string of the molecule is CCOC(=O)COc1ccccc1C=C1SC(=Nc2ccc(Br)cc2)NC1=O. The van der Waals surface area contributed by atoms with Gasteiger partial charge in [0.2, 0.25) is 0 Å². The standard InChI is InChI=1S/C20H17BrN2O4S/c1-2-26-18(24)12-27-16-6-4-3-5-13(16)11-17-19(25)23-20(28-17)22-15-9-7-14(21)8-10-15/h3-11H,2,12H2,1H3,(H,22,23,25). The number of esters is 1. The van der Waals surface area contributed by atoms with Crippen LogP contribution in [0.3, 0.4) is 0 Å². The van der Waals surface area contributed by atoms with E-state index in [4.69, 9.17) is 9.47 Å². The molecule has 1 saturated heterocycles. The molecule has 2 aromatic rings. The summed E-state index contributed by atoms with van der Waals surface area (Å²) in [4.78, 5) is 28.7. The number of hydrogen-bond acceptors (Lipinski definition) is 6. The molecule has 0 aliphatic carbocycles. The minimum absolute atomic E-state index is 0.191. The summed E-state index contributed by atoms with van der Waals surface area (Å²) in [6.07, 6.45) is 1.71. The van der Waals surface area contributed by atoms with Crippen molar-refractivity contribution in [2.75, 3.05) is 13.2 Å². The summed E-state index contributed by atoms with van der Waals surface area (Å²) in [7, 11) is 0. The molecule has 3 rings (SSSR count). The summed E-state index contributed by atoms with van der Waals surface area (Å²) in [5, 5.41) is 3.26. The molecular formula is C20H17BrN2O4S. The molecule has 6 nitrogen and oxygen atoms in total. The molecule has 1 aliphatic heterocycles. The molecule has 0 aromatic heterocycles. The number of carbonyl (C=O) groups is 2. The molecule has 28 heavy (non-hydrogen) atoms. The average molecular weight is 461 g/mol. The van der Waals surface area contributed by atoms with Crippen molar-refractivity contribution in [2.24, 2.45) is 4.99 Å². The van der Waals surface area contributed by atoms with Gasteiger partial charge < -0.3 is 14.8 Å². The second-order valence-corrected chi connectivity index (χ2v) is 7.54. The fourth-order valence-corrected chi connectivity index (χ4v) is 3.42. The van der Waals surface area contributed by atoms with Crippen molar-refractivity contribution in [3.05, 3.63) is 63.5 Å². The van der Waals surface area contributed by atoms with Gasteiger partial charge in [-0.1, -0.05) is 34.1 Å². The molecule has 8 heteroatoms. The van der Waals surface area contributed by atoms with E-state index in [-0.39, 0.29) is 12.5 Å². The highest BCUT2D eigenvalue weighted by molar-refractivity contribution is 9.10. The highest BCUT2D eigenvalue weighted by atomic mass is 79.9. The van der Waals surface area contributed by atoms with Crippen molar-refractivity contribution in [1.82, 2.24) is 5.32 Å². The lowest BCUT2D eigenvalue weighted by Crippen LogP contribution is -2.19. The number of carbonyl (C=O) groups excluding carboxylic acids is 2. The van der Waals surface area contributed by atoms with Gasteiger partial charge in [-0.15, -0.1) is 0 Å². The molecule has 1 amide bonds. The van der Waals surface area contributed by atoms with Crippen LogP contribution in [0.25, 0.3) is 6.08 Å². The summed E-state index contributed by atoms with van der Waals surface area (Å²) < 4.78 is 11.4. The van der Waals surface area contributed by atoms with Gasteiger partial charge in [0.05, 0.1) is 17.2 Å². The summed E-state index contributed by atoms with van der Waals surface area (Å²) in [5.74, 6) is -0.183. The second-order valence-electron chi connectivity index (χ2n) is 5.59. The van der Waals surface area contributed by atoms with E-state index in [2.05, 4.69) is 26.2 Å². The third-order valence-electron chi connectivity index (χ3n) is 3.56. The topological polar surface area (TPSA) is 77.0 Å².